The third-order valence-corrected chi connectivity index (χ3v) is 7.63. The molecule has 1 aliphatic heterocycles. The smallest absolute Gasteiger partial charge is 0.410 e. The van der Waals surface area contributed by atoms with Gasteiger partial charge in [0.15, 0.2) is 0 Å². The van der Waals surface area contributed by atoms with Gasteiger partial charge in [0.25, 0.3) is 0 Å². The fourth-order valence-corrected chi connectivity index (χ4v) is 5.30. The maximum Gasteiger partial charge on any atom is 0.410 e. The standard InChI is InChI=1S/C33H38N10O3/c1-33(2,3)46-32(45)43-15-13-42(14-16-43)30-35-18-22(19-36-30)27-17-25-24(11-12-34-29(25)38-27)26-20-41(6)39-28(26)21-7-9-23(10-8-21)37-31(44)40(4)5/h7-12,17-20H,13-16H2,1-6H3,(H,34,38)(H,37,44). The average Bonchev–Trinajstić information content (AvgIpc) is 3.64. The molecule has 1 fully saturated rings. The fraction of sp³-hybridized carbons (Fsp3) is 0.333. The first-order chi connectivity index (χ1) is 21.9. The molecule has 5 heterocycles. The fourth-order valence-electron chi connectivity index (χ4n) is 5.30. The summed E-state index contributed by atoms with van der Waals surface area (Å²) < 4.78 is 7.30. The van der Waals surface area contributed by atoms with Gasteiger partial charge in [0.2, 0.25) is 5.95 Å². The topological polar surface area (TPSA) is 137 Å². The van der Waals surface area contributed by atoms with Crippen molar-refractivity contribution in [1.29, 1.82) is 0 Å². The van der Waals surface area contributed by atoms with Crippen LogP contribution in [0.3, 0.4) is 0 Å². The minimum Gasteiger partial charge on any atom is -0.444 e. The van der Waals surface area contributed by atoms with E-state index >= 15 is 0 Å². The number of carbonyl (C=O) groups excluding carboxylic acids is 2. The van der Waals surface area contributed by atoms with Gasteiger partial charge in [0.1, 0.15) is 16.9 Å². The van der Waals surface area contributed by atoms with Gasteiger partial charge < -0.3 is 29.7 Å². The summed E-state index contributed by atoms with van der Waals surface area (Å²) in [5.41, 5.74) is 6.31. The zero-order valence-corrected chi connectivity index (χ0v) is 26.9. The molecule has 3 amide bonds. The summed E-state index contributed by atoms with van der Waals surface area (Å²) in [6.07, 6.45) is 7.10. The van der Waals surface area contributed by atoms with Crippen LogP contribution < -0.4 is 10.2 Å². The highest BCUT2D eigenvalue weighted by Crippen LogP contribution is 2.36. The van der Waals surface area contributed by atoms with Crippen LogP contribution in [0.5, 0.6) is 0 Å². The number of aromatic amines is 1. The third-order valence-electron chi connectivity index (χ3n) is 7.63. The van der Waals surface area contributed by atoms with E-state index in [4.69, 9.17) is 9.84 Å². The van der Waals surface area contributed by atoms with Crippen LogP contribution in [0.1, 0.15) is 20.8 Å². The Morgan fingerprint density at radius 1 is 0.935 bits per heavy atom. The molecular weight excluding hydrogens is 584 g/mol. The Hall–Kier alpha value is -5.46. The van der Waals surface area contributed by atoms with Crippen molar-refractivity contribution in [2.45, 2.75) is 26.4 Å². The summed E-state index contributed by atoms with van der Waals surface area (Å²) in [5.74, 6) is 0.620. The van der Waals surface area contributed by atoms with Gasteiger partial charge in [0, 0.05) is 99.9 Å². The number of hydrogen-bond donors (Lipinski definition) is 2. The number of nitrogens with zero attached hydrogens (tertiary/aromatic N) is 8. The van der Waals surface area contributed by atoms with Gasteiger partial charge >= 0.3 is 12.1 Å². The second-order valence-electron chi connectivity index (χ2n) is 12.5. The molecule has 0 radical (unpaired) electrons. The maximum absolute atomic E-state index is 12.4. The molecule has 0 bridgehead atoms. The predicted octanol–water partition coefficient (Wildman–Crippen LogP) is 5.24. The Kier molecular flexibility index (Phi) is 8.07. The normalized spacial score (nSPS) is 13.6. The molecule has 13 nitrogen and oxygen atoms in total. The van der Waals surface area contributed by atoms with E-state index in [0.717, 1.165) is 44.7 Å². The molecule has 1 saturated heterocycles. The van der Waals surface area contributed by atoms with Crippen molar-refractivity contribution >= 4 is 34.8 Å². The van der Waals surface area contributed by atoms with E-state index in [9.17, 15) is 9.59 Å². The number of urea groups is 1. The van der Waals surface area contributed by atoms with Gasteiger partial charge in [-0.2, -0.15) is 5.10 Å². The van der Waals surface area contributed by atoms with E-state index in [2.05, 4.69) is 36.2 Å². The number of benzene rings is 1. The average molecular weight is 623 g/mol. The lowest BCUT2D eigenvalue weighted by Gasteiger charge is -2.35. The molecule has 13 heteroatoms. The van der Waals surface area contributed by atoms with Crippen LogP contribution in [0.2, 0.25) is 0 Å². The lowest BCUT2D eigenvalue weighted by Crippen LogP contribution is -2.50. The zero-order valence-electron chi connectivity index (χ0n) is 26.9. The van der Waals surface area contributed by atoms with Crippen molar-refractivity contribution in [2.75, 3.05) is 50.5 Å². The summed E-state index contributed by atoms with van der Waals surface area (Å²) in [6.45, 7) is 7.95. The van der Waals surface area contributed by atoms with Crippen LogP contribution in [0.15, 0.2) is 61.2 Å². The maximum atomic E-state index is 12.4. The highest BCUT2D eigenvalue weighted by Gasteiger charge is 2.27. The summed E-state index contributed by atoms with van der Waals surface area (Å²) in [7, 11) is 5.30. The molecule has 1 aromatic carbocycles. The van der Waals surface area contributed by atoms with Crippen LogP contribution in [0.4, 0.5) is 21.2 Å². The van der Waals surface area contributed by atoms with Crippen molar-refractivity contribution in [2.24, 2.45) is 7.05 Å². The summed E-state index contributed by atoms with van der Waals surface area (Å²) in [5, 5.41) is 8.58. The molecule has 238 valence electrons. The Balaban J connectivity index is 1.21. The second kappa shape index (κ2) is 12.1. The minimum atomic E-state index is -0.522. The number of rotatable bonds is 5. The number of pyridine rings is 1. The van der Waals surface area contributed by atoms with E-state index in [1.807, 2.05) is 64.3 Å². The van der Waals surface area contributed by atoms with Gasteiger partial charge in [0.05, 0.1) is 5.69 Å². The third kappa shape index (κ3) is 6.48. The van der Waals surface area contributed by atoms with Crippen molar-refractivity contribution in [3.05, 3.63) is 61.2 Å². The number of anilines is 2. The number of carbonyl (C=O) groups is 2. The largest absolute Gasteiger partial charge is 0.444 e. The molecular formula is C33H38N10O3. The predicted molar refractivity (Wildman–Crippen MR) is 177 cm³/mol. The minimum absolute atomic E-state index is 0.188. The summed E-state index contributed by atoms with van der Waals surface area (Å²) in [6, 6.07) is 11.5. The van der Waals surface area contributed by atoms with Crippen LogP contribution in [0, 0.1) is 0 Å². The number of fused-ring (bicyclic) bond motifs is 1. The number of amides is 3. The van der Waals surface area contributed by atoms with Gasteiger partial charge in [-0.25, -0.2) is 24.5 Å². The summed E-state index contributed by atoms with van der Waals surface area (Å²) in [4.78, 5) is 47.1. The van der Waals surface area contributed by atoms with Crippen molar-refractivity contribution in [1.82, 2.24) is 39.5 Å². The van der Waals surface area contributed by atoms with Crippen molar-refractivity contribution in [3.8, 4) is 33.6 Å². The first-order valence-corrected chi connectivity index (χ1v) is 15.1. The van der Waals surface area contributed by atoms with Gasteiger partial charge in [-0.05, 0) is 50.6 Å². The quantitative estimate of drug-likeness (QED) is 0.272. The number of piperazine rings is 1. The van der Waals surface area contributed by atoms with E-state index in [1.54, 1.807) is 42.3 Å². The Morgan fingerprint density at radius 3 is 2.28 bits per heavy atom. The SMILES string of the molecule is CN(C)C(=O)Nc1ccc(-c2nn(C)cc2-c2ccnc3[nH]c(-c4cnc(N5CCN(C(=O)OC(C)(C)C)CC5)nc4)cc23)cc1. The van der Waals surface area contributed by atoms with E-state index in [-0.39, 0.29) is 12.1 Å². The molecule has 5 aromatic rings. The van der Waals surface area contributed by atoms with Gasteiger partial charge in [-0.1, -0.05) is 12.1 Å². The van der Waals surface area contributed by atoms with Crippen LogP contribution in [0.25, 0.3) is 44.7 Å². The van der Waals surface area contributed by atoms with E-state index < -0.39 is 5.60 Å². The molecule has 6 rings (SSSR count). The molecule has 4 aromatic heterocycles. The number of ether oxygens (including phenoxy) is 1. The number of aryl methyl sites for hydroxylation is 1. The number of aromatic nitrogens is 6. The monoisotopic (exact) mass is 622 g/mol. The number of hydrogen-bond acceptors (Lipinski definition) is 8. The molecule has 0 unspecified atom stereocenters. The molecule has 46 heavy (non-hydrogen) atoms. The van der Waals surface area contributed by atoms with E-state index in [1.165, 1.54) is 4.90 Å². The number of nitrogens with one attached hydrogen (secondary N) is 2. The molecule has 0 aliphatic carbocycles. The summed E-state index contributed by atoms with van der Waals surface area (Å²) >= 11 is 0. The van der Waals surface area contributed by atoms with Crippen molar-refractivity contribution < 1.29 is 14.3 Å². The van der Waals surface area contributed by atoms with Crippen molar-refractivity contribution in [3.63, 3.8) is 0 Å². The number of H-pyrrole nitrogens is 1. The molecule has 1 aliphatic rings. The Labute approximate surface area is 267 Å². The highest BCUT2D eigenvalue weighted by atomic mass is 16.6. The second-order valence-corrected chi connectivity index (χ2v) is 12.5. The molecule has 0 spiro atoms. The Bertz CT molecular complexity index is 1860. The molecule has 0 saturated carbocycles. The van der Waals surface area contributed by atoms with Crippen LogP contribution in [-0.2, 0) is 11.8 Å². The zero-order chi connectivity index (χ0) is 32.6. The first kappa shape index (κ1) is 30.6. The van der Waals surface area contributed by atoms with Crippen LogP contribution >= 0.6 is 0 Å². The lowest BCUT2D eigenvalue weighted by atomic mass is 10.00. The van der Waals surface area contributed by atoms with Gasteiger partial charge in [-0.3, -0.25) is 4.68 Å². The van der Waals surface area contributed by atoms with Gasteiger partial charge in [-0.15, -0.1) is 0 Å². The molecule has 2 N–H and O–H groups in total. The van der Waals surface area contributed by atoms with Crippen LogP contribution in [-0.4, -0.2) is 97.5 Å². The first-order valence-electron chi connectivity index (χ1n) is 15.1. The lowest BCUT2D eigenvalue weighted by molar-refractivity contribution is 0.0240. The highest BCUT2D eigenvalue weighted by molar-refractivity contribution is 5.99. The molecule has 0 atom stereocenters. The van der Waals surface area contributed by atoms with E-state index in [0.29, 0.717) is 37.8 Å². The Morgan fingerprint density at radius 2 is 1.63 bits per heavy atom.